The predicted molar refractivity (Wildman–Crippen MR) is 125 cm³/mol. The summed E-state index contributed by atoms with van der Waals surface area (Å²) in [6.45, 7) is 1.92. The Morgan fingerprint density at radius 2 is 1.90 bits per heavy atom. The second kappa shape index (κ2) is 8.42. The van der Waals surface area contributed by atoms with Crippen molar-refractivity contribution in [2.45, 2.75) is 30.8 Å². The minimum atomic E-state index is -1.64. The molecule has 2 aromatic carbocycles. The van der Waals surface area contributed by atoms with E-state index in [0.717, 1.165) is 51.5 Å². The molecular weight excluding hydrogens is 512 g/mol. The number of piperidine rings is 1. The molecule has 2 heterocycles. The fraction of sp³-hybridized carbons (Fsp3) is 0.364. The molecule has 1 unspecified atom stereocenters. The molecule has 3 N–H and O–H groups in total. The van der Waals surface area contributed by atoms with Crippen molar-refractivity contribution in [1.29, 1.82) is 0 Å². The van der Waals surface area contributed by atoms with Crippen LogP contribution in [0.2, 0.25) is 0 Å². The van der Waals surface area contributed by atoms with Gasteiger partial charge in [-0.15, -0.1) is 0 Å². The Morgan fingerprint density at radius 1 is 1.20 bits per heavy atom. The van der Waals surface area contributed by atoms with Crippen LogP contribution in [0.3, 0.4) is 0 Å². The first-order valence-electron chi connectivity index (χ1n) is 9.92. The van der Waals surface area contributed by atoms with Crippen LogP contribution in [0, 0.1) is 0 Å². The largest absolute Gasteiger partial charge is 0.480 e. The number of imidazole rings is 1. The molecule has 1 aliphatic rings. The number of benzene rings is 2. The highest BCUT2D eigenvalue weighted by Crippen LogP contribution is 2.35. The van der Waals surface area contributed by atoms with Gasteiger partial charge in [0, 0.05) is 21.4 Å². The summed E-state index contributed by atoms with van der Waals surface area (Å²) in [6.07, 6.45) is 2.01. The van der Waals surface area contributed by atoms with Crippen LogP contribution in [0.15, 0.2) is 51.4 Å². The topological polar surface area (TPSA) is 84.4 Å². The van der Waals surface area contributed by atoms with E-state index in [4.69, 9.17) is 10.7 Å². The van der Waals surface area contributed by atoms with Gasteiger partial charge in [0.1, 0.15) is 5.82 Å². The second-order valence-electron chi connectivity index (χ2n) is 8.03. The maximum atomic E-state index is 12.5. The zero-order chi connectivity index (χ0) is 21.5. The summed E-state index contributed by atoms with van der Waals surface area (Å²) in [6, 6.07) is 13.7. The van der Waals surface area contributed by atoms with E-state index in [1.807, 2.05) is 42.5 Å². The van der Waals surface area contributed by atoms with Gasteiger partial charge in [0.15, 0.2) is 5.54 Å². The second-order valence-corrected chi connectivity index (χ2v) is 9.74. The van der Waals surface area contributed by atoms with E-state index < -0.39 is 11.5 Å². The predicted octanol–water partition coefficient (Wildman–Crippen LogP) is 4.31. The summed E-state index contributed by atoms with van der Waals surface area (Å²) >= 11 is 6.96. The number of carboxylic acid groups (broad SMARTS) is 1. The quantitative estimate of drug-likeness (QED) is 0.508. The van der Waals surface area contributed by atoms with Crippen molar-refractivity contribution in [1.82, 2.24) is 14.5 Å². The summed E-state index contributed by atoms with van der Waals surface area (Å²) in [7, 11) is 2.11. The van der Waals surface area contributed by atoms with Crippen molar-refractivity contribution in [3.05, 3.63) is 62.8 Å². The molecular formula is C22H24Br2N4O2. The Kier molecular flexibility index (Phi) is 6.03. The number of likely N-dealkylation sites (tertiary alicyclic amines) is 1. The van der Waals surface area contributed by atoms with E-state index in [-0.39, 0.29) is 12.5 Å². The van der Waals surface area contributed by atoms with Gasteiger partial charge in [-0.25, -0.2) is 9.78 Å². The van der Waals surface area contributed by atoms with Crippen LogP contribution >= 0.6 is 31.9 Å². The molecule has 1 atom stereocenters. The van der Waals surface area contributed by atoms with Crippen LogP contribution in [0.5, 0.6) is 0 Å². The number of hydrogen-bond acceptors (Lipinski definition) is 4. The van der Waals surface area contributed by atoms with Gasteiger partial charge in [-0.3, -0.25) is 0 Å². The van der Waals surface area contributed by atoms with Gasteiger partial charge >= 0.3 is 5.97 Å². The van der Waals surface area contributed by atoms with Gasteiger partial charge in [0.2, 0.25) is 0 Å². The Morgan fingerprint density at radius 3 is 2.57 bits per heavy atom. The molecule has 8 heteroatoms. The summed E-state index contributed by atoms with van der Waals surface area (Å²) in [5, 5.41) is 10.3. The molecule has 1 aromatic heterocycles. The minimum Gasteiger partial charge on any atom is -0.480 e. The van der Waals surface area contributed by atoms with Crippen molar-refractivity contribution >= 4 is 48.9 Å². The number of halogens is 2. The number of hydrogen-bond donors (Lipinski definition) is 2. The van der Waals surface area contributed by atoms with Crippen LogP contribution < -0.4 is 5.73 Å². The summed E-state index contributed by atoms with van der Waals surface area (Å²) in [5.74, 6) is -0.657. The standard InChI is InChI=1S/C22H24Br2N4O2/c1-27-10-8-15(9-11-27)28-19-5-3-2-4-18(19)26-20(28)22(25,21(29)30)13-14-6-7-16(23)17(24)12-14/h2-7,12,15H,8-11,13,25H2,1H3,(H,29,30). The average Bonchev–Trinajstić information content (AvgIpc) is 3.11. The maximum Gasteiger partial charge on any atom is 0.331 e. The lowest BCUT2D eigenvalue weighted by Gasteiger charge is -2.34. The molecule has 158 valence electrons. The first kappa shape index (κ1) is 21.5. The fourth-order valence-electron chi connectivity index (χ4n) is 4.20. The Bertz CT molecular complexity index is 1090. The molecule has 0 spiro atoms. The highest BCUT2D eigenvalue weighted by molar-refractivity contribution is 9.13. The molecule has 6 nitrogen and oxygen atoms in total. The van der Waals surface area contributed by atoms with E-state index >= 15 is 0 Å². The van der Waals surface area contributed by atoms with E-state index in [1.54, 1.807) is 0 Å². The Hall–Kier alpha value is -1.74. The zero-order valence-corrected chi connectivity index (χ0v) is 19.9. The molecule has 0 saturated carbocycles. The number of nitrogens with zero attached hydrogens (tertiary/aromatic N) is 3. The van der Waals surface area contributed by atoms with E-state index in [2.05, 4.69) is 48.4 Å². The van der Waals surface area contributed by atoms with Crippen LogP contribution in [0.1, 0.15) is 30.3 Å². The molecule has 1 aliphatic heterocycles. The number of fused-ring (bicyclic) bond motifs is 1. The van der Waals surface area contributed by atoms with Crippen molar-refractivity contribution in [3.8, 4) is 0 Å². The Balaban J connectivity index is 1.84. The summed E-state index contributed by atoms with van der Waals surface area (Å²) in [4.78, 5) is 19.6. The van der Waals surface area contributed by atoms with Crippen molar-refractivity contribution < 1.29 is 9.90 Å². The van der Waals surface area contributed by atoms with Crippen molar-refractivity contribution in [2.24, 2.45) is 5.73 Å². The number of rotatable bonds is 5. The van der Waals surface area contributed by atoms with Crippen molar-refractivity contribution in [3.63, 3.8) is 0 Å². The number of nitrogens with two attached hydrogens (primary N) is 1. The lowest BCUT2D eigenvalue weighted by Crippen LogP contribution is -2.49. The first-order chi connectivity index (χ1) is 14.3. The number of aromatic nitrogens is 2. The molecule has 30 heavy (non-hydrogen) atoms. The van der Waals surface area contributed by atoms with Crippen LogP contribution in [-0.2, 0) is 16.8 Å². The van der Waals surface area contributed by atoms with E-state index in [0.29, 0.717) is 5.82 Å². The van der Waals surface area contributed by atoms with Gasteiger partial charge in [-0.05, 0) is 94.7 Å². The molecule has 1 fully saturated rings. The maximum absolute atomic E-state index is 12.5. The van der Waals surface area contributed by atoms with Gasteiger partial charge in [0.05, 0.1) is 11.0 Å². The fourth-order valence-corrected chi connectivity index (χ4v) is 4.88. The first-order valence-corrected chi connectivity index (χ1v) is 11.5. The van der Waals surface area contributed by atoms with Gasteiger partial charge in [-0.1, -0.05) is 18.2 Å². The normalized spacial score (nSPS) is 17.9. The smallest absolute Gasteiger partial charge is 0.331 e. The van der Waals surface area contributed by atoms with Crippen LogP contribution in [0.4, 0.5) is 0 Å². The van der Waals surface area contributed by atoms with Crippen molar-refractivity contribution in [2.75, 3.05) is 20.1 Å². The number of carboxylic acids is 1. The van der Waals surface area contributed by atoms with E-state index in [1.165, 1.54) is 0 Å². The SMILES string of the molecule is CN1CCC(n2c(C(N)(Cc3ccc(Br)c(Br)c3)C(=O)O)nc3ccccc32)CC1. The monoisotopic (exact) mass is 534 g/mol. The zero-order valence-electron chi connectivity index (χ0n) is 16.7. The highest BCUT2D eigenvalue weighted by atomic mass is 79.9. The van der Waals surface area contributed by atoms with Gasteiger partial charge < -0.3 is 20.3 Å². The third-order valence-corrected chi connectivity index (χ3v) is 7.78. The molecule has 0 bridgehead atoms. The molecule has 0 amide bonds. The lowest BCUT2D eigenvalue weighted by atomic mass is 9.90. The third-order valence-electron chi connectivity index (χ3n) is 5.90. The van der Waals surface area contributed by atoms with E-state index in [9.17, 15) is 9.90 Å². The molecule has 3 aromatic rings. The van der Waals surface area contributed by atoms with Gasteiger partial charge in [0.25, 0.3) is 0 Å². The molecule has 0 aliphatic carbocycles. The number of aliphatic carboxylic acids is 1. The number of para-hydroxylation sites is 2. The van der Waals surface area contributed by atoms with Gasteiger partial charge in [-0.2, -0.15) is 0 Å². The lowest BCUT2D eigenvalue weighted by molar-refractivity contribution is -0.144. The Labute approximate surface area is 192 Å². The molecule has 0 radical (unpaired) electrons. The minimum absolute atomic E-state index is 0.143. The molecule has 1 saturated heterocycles. The average molecular weight is 536 g/mol. The third kappa shape index (κ3) is 3.93. The summed E-state index contributed by atoms with van der Waals surface area (Å²) < 4.78 is 3.85. The number of carbonyl (C=O) groups is 1. The van der Waals surface area contributed by atoms with Crippen LogP contribution in [0.25, 0.3) is 11.0 Å². The molecule has 4 rings (SSSR count). The van der Waals surface area contributed by atoms with Crippen LogP contribution in [-0.4, -0.2) is 45.7 Å². The highest BCUT2D eigenvalue weighted by Gasteiger charge is 2.42. The summed E-state index contributed by atoms with van der Waals surface area (Å²) in [5.41, 5.74) is 7.57.